The van der Waals surface area contributed by atoms with Crippen LogP contribution in [-0.4, -0.2) is 37.4 Å². The zero-order chi connectivity index (χ0) is 16.6. The van der Waals surface area contributed by atoms with Crippen molar-refractivity contribution in [3.8, 4) is 0 Å². The van der Waals surface area contributed by atoms with E-state index in [2.05, 4.69) is 18.5 Å². The molecule has 1 fully saturated rings. The minimum absolute atomic E-state index is 0.365. The zero-order valence-electron chi connectivity index (χ0n) is 14.7. The molecule has 0 unspecified atom stereocenters. The Morgan fingerprint density at radius 3 is 2.48 bits per heavy atom. The molecule has 1 aliphatic rings. The summed E-state index contributed by atoms with van der Waals surface area (Å²) in [6, 6.07) is 0. The molecule has 23 heavy (non-hydrogen) atoms. The highest BCUT2D eigenvalue weighted by atomic mass is 32.2. The smallest absolute Gasteiger partial charge is 0.179 e. The molecule has 0 bridgehead atoms. The molecule has 0 aromatic rings. The summed E-state index contributed by atoms with van der Waals surface area (Å²) in [5.41, 5.74) is 0. The fraction of sp³-hybridized carbons (Fsp3) is 0.789. The van der Waals surface area contributed by atoms with E-state index in [1.807, 2.05) is 11.8 Å². The Balaban J connectivity index is 1.97. The molecular formula is C19H35NO2S. The lowest BCUT2D eigenvalue weighted by Gasteiger charge is -2.20. The van der Waals surface area contributed by atoms with Crippen LogP contribution in [0.2, 0.25) is 0 Å². The van der Waals surface area contributed by atoms with Gasteiger partial charge in [0, 0.05) is 12.3 Å². The van der Waals surface area contributed by atoms with E-state index in [9.17, 15) is 0 Å². The monoisotopic (exact) mass is 341 g/mol. The summed E-state index contributed by atoms with van der Waals surface area (Å²) in [5.74, 6) is 2.95. The molecule has 4 heteroatoms. The van der Waals surface area contributed by atoms with E-state index < -0.39 is 0 Å². The Kier molecular flexibility index (Phi) is 13.3. The van der Waals surface area contributed by atoms with Gasteiger partial charge in [0.1, 0.15) is 6.10 Å². The van der Waals surface area contributed by atoms with E-state index >= 15 is 0 Å². The standard InChI is InChI=1S/C19H35NO2S/c1-3-14-21-15-17-23-16-10-13-20-18(2)22-19-11-8-6-4-5-7-9-12-19/h3,19-20H,1-2,4-17H2. The van der Waals surface area contributed by atoms with Crippen molar-refractivity contribution in [2.24, 2.45) is 0 Å². The molecular weight excluding hydrogens is 306 g/mol. The lowest BCUT2D eigenvalue weighted by atomic mass is 10.1. The van der Waals surface area contributed by atoms with Crippen molar-refractivity contribution < 1.29 is 9.47 Å². The molecule has 0 aliphatic heterocycles. The molecule has 0 saturated heterocycles. The predicted molar refractivity (Wildman–Crippen MR) is 102 cm³/mol. The highest BCUT2D eigenvalue weighted by Crippen LogP contribution is 2.20. The van der Waals surface area contributed by atoms with E-state index in [4.69, 9.17) is 9.47 Å². The van der Waals surface area contributed by atoms with Crippen LogP contribution in [0.1, 0.15) is 57.8 Å². The van der Waals surface area contributed by atoms with Gasteiger partial charge in [-0.1, -0.05) is 31.8 Å². The molecule has 0 aromatic carbocycles. The van der Waals surface area contributed by atoms with Crippen LogP contribution < -0.4 is 5.32 Å². The van der Waals surface area contributed by atoms with Crippen LogP contribution in [0, 0.1) is 0 Å². The summed E-state index contributed by atoms with van der Waals surface area (Å²) in [4.78, 5) is 0. The van der Waals surface area contributed by atoms with Gasteiger partial charge in [-0.05, 0) is 44.4 Å². The summed E-state index contributed by atoms with van der Waals surface area (Å²) >= 11 is 1.93. The average Bonchev–Trinajstić information content (AvgIpc) is 2.67. The molecule has 0 atom stereocenters. The zero-order valence-corrected chi connectivity index (χ0v) is 15.5. The molecule has 1 N–H and O–H groups in total. The maximum Gasteiger partial charge on any atom is 0.179 e. The first-order valence-corrected chi connectivity index (χ1v) is 10.3. The minimum atomic E-state index is 0.365. The van der Waals surface area contributed by atoms with Crippen LogP contribution in [-0.2, 0) is 9.47 Å². The van der Waals surface area contributed by atoms with Crippen molar-refractivity contribution in [3.63, 3.8) is 0 Å². The van der Waals surface area contributed by atoms with E-state index in [-0.39, 0.29) is 0 Å². The Labute approximate surface area is 147 Å². The summed E-state index contributed by atoms with van der Waals surface area (Å²) in [5, 5.41) is 3.32. The highest BCUT2D eigenvalue weighted by molar-refractivity contribution is 7.99. The van der Waals surface area contributed by atoms with Crippen molar-refractivity contribution in [1.29, 1.82) is 0 Å². The summed E-state index contributed by atoms with van der Waals surface area (Å²) in [7, 11) is 0. The van der Waals surface area contributed by atoms with E-state index in [0.717, 1.165) is 37.0 Å². The molecule has 0 amide bonds. The number of hydrogen-bond acceptors (Lipinski definition) is 4. The molecule has 0 heterocycles. The van der Waals surface area contributed by atoms with Crippen molar-refractivity contribution in [2.75, 3.05) is 31.3 Å². The van der Waals surface area contributed by atoms with E-state index in [1.54, 1.807) is 6.08 Å². The molecule has 134 valence electrons. The first kappa shape index (κ1) is 20.4. The fourth-order valence-corrected chi connectivity index (χ4v) is 3.53. The number of nitrogens with one attached hydrogen (secondary N) is 1. The maximum absolute atomic E-state index is 6.01. The van der Waals surface area contributed by atoms with Gasteiger partial charge in [-0.3, -0.25) is 0 Å². The summed E-state index contributed by atoms with van der Waals surface area (Å²) < 4.78 is 11.4. The minimum Gasteiger partial charge on any atom is -0.476 e. The third-order valence-corrected chi connectivity index (χ3v) is 5.04. The predicted octanol–water partition coefficient (Wildman–Crippen LogP) is 4.89. The quantitative estimate of drug-likeness (QED) is 0.311. The Hall–Kier alpha value is -0.610. The summed E-state index contributed by atoms with van der Waals surface area (Å²) in [6.07, 6.45) is 13.7. The lowest BCUT2D eigenvalue weighted by Crippen LogP contribution is -2.22. The van der Waals surface area contributed by atoms with Crippen LogP contribution in [0.5, 0.6) is 0 Å². The number of ether oxygens (including phenoxy) is 2. The molecule has 1 saturated carbocycles. The molecule has 1 rings (SSSR count). The van der Waals surface area contributed by atoms with E-state index in [0.29, 0.717) is 12.7 Å². The highest BCUT2D eigenvalue weighted by Gasteiger charge is 2.12. The summed E-state index contributed by atoms with van der Waals surface area (Å²) in [6.45, 7) is 10.1. The van der Waals surface area contributed by atoms with Gasteiger partial charge in [0.15, 0.2) is 5.88 Å². The number of thioether (sulfide) groups is 1. The second-order valence-electron chi connectivity index (χ2n) is 6.12. The van der Waals surface area contributed by atoms with Crippen LogP contribution in [0.3, 0.4) is 0 Å². The van der Waals surface area contributed by atoms with Gasteiger partial charge < -0.3 is 14.8 Å². The number of hydrogen-bond donors (Lipinski definition) is 1. The van der Waals surface area contributed by atoms with Gasteiger partial charge in [-0.15, -0.1) is 6.58 Å². The van der Waals surface area contributed by atoms with Crippen molar-refractivity contribution in [2.45, 2.75) is 63.9 Å². The van der Waals surface area contributed by atoms with Gasteiger partial charge in [-0.25, -0.2) is 0 Å². The van der Waals surface area contributed by atoms with Gasteiger partial charge in [-0.2, -0.15) is 11.8 Å². The second-order valence-corrected chi connectivity index (χ2v) is 7.34. The molecule has 1 aliphatic carbocycles. The van der Waals surface area contributed by atoms with Crippen molar-refractivity contribution in [1.82, 2.24) is 5.32 Å². The maximum atomic E-state index is 6.01. The molecule has 0 radical (unpaired) electrons. The van der Waals surface area contributed by atoms with Crippen molar-refractivity contribution in [3.05, 3.63) is 25.1 Å². The lowest BCUT2D eigenvalue weighted by molar-refractivity contribution is 0.0853. The normalized spacial score (nSPS) is 16.9. The topological polar surface area (TPSA) is 30.5 Å². The van der Waals surface area contributed by atoms with Gasteiger partial charge in [0.25, 0.3) is 0 Å². The van der Waals surface area contributed by atoms with Gasteiger partial charge in [0.2, 0.25) is 0 Å². The average molecular weight is 342 g/mol. The molecule has 0 spiro atoms. The van der Waals surface area contributed by atoms with Crippen LogP contribution in [0.4, 0.5) is 0 Å². The third-order valence-electron chi connectivity index (χ3n) is 4.01. The van der Waals surface area contributed by atoms with Gasteiger partial charge in [0.05, 0.1) is 13.2 Å². The van der Waals surface area contributed by atoms with Gasteiger partial charge >= 0.3 is 0 Å². The molecule has 3 nitrogen and oxygen atoms in total. The van der Waals surface area contributed by atoms with Crippen LogP contribution in [0.25, 0.3) is 0 Å². The Bertz CT molecular complexity index is 300. The van der Waals surface area contributed by atoms with Crippen LogP contribution >= 0.6 is 11.8 Å². The van der Waals surface area contributed by atoms with Crippen LogP contribution in [0.15, 0.2) is 25.1 Å². The Morgan fingerprint density at radius 2 is 1.78 bits per heavy atom. The first-order valence-electron chi connectivity index (χ1n) is 9.18. The third kappa shape index (κ3) is 12.5. The largest absolute Gasteiger partial charge is 0.476 e. The number of rotatable bonds is 12. The molecule has 0 aromatic heterocycles. The fourth-order valence-electron chi connectivity index (χ4n) is 2.74. The second kappa shape index (κ2) is 14.9. The Morgan fingerprint density at radius 1 is 1.09 bits per heavy atom. The SMILES string of the molecule is C=CCOCCSCCCNC(=C)OC1CCCCCCCC1. The van der Waals surface area contributed by atoms with Crippen molar-refractivity contribution >= 4 is 11.8 Å². The first-order chi connectivity index (χ1) is 11.3. The van der Waals surface area contributed by atoms with E-state index in [1.165, 1.54) is 51.4 Å².